The number of aliphatic hydroxyl groups excluding tert-OH is 1. The molecule has 74 valence electrons. The van der Waals surface area contributed by atoms with Crippen molar-refractivity contribution < 1.29 is 10.0 Å². The monoisotopic (exact) mass is 194 g/mol. The zero-order chi connectivity index (χ0) is 10.6. The first kappa shape index (κ1) is 10.3. The largest absolute Gasteiger partial charge is 0.392 e. The molecular formula is C9H10N2O3. The lowest BCUT2D eigenvalue weighted by Crippen LogP contribution is -1.95. The first-order chi connectivity index (χ1) is 6.65. The van der Waals surface area contributed by atoms with E-state index in [2.05, 4.69) is 4.98 Å². The van der Waals surface area contributed by atoms with E-state index >= 15 is 0 Å². The SMILES string of the molecule is Cc1nc(C=CCO)ccc1[N+](=O)[O-]. The molecule has 0 amide bonds. The summed E-state index contributed by atoms with van der Waals surface area (Å²) in [7, 11) is 0. The van der Waals surface area contributed by atoms with Crippen LogP contribution in [0.25, 0.3) is 6.08 Å². The smallest absolute Gasteiger partial charge is 0.290 e. The molecular weight excluding hydrogens is 184 g/mol. The number of aryl methyl sites for hydroxylation is 1. The predicted molar refractivity (Wildman–Crippen MR) is 51.7 cm³/mol. The molecule has 5 nitrogen and oxygen atoms in total. The number of pyridine rings is 1. The average Bonchev–Trinajstić information content (AvgIpc) is 2.14. The van der Waals surface area contributed by atoms with Gasteiger partial charge < -0.3 is 5.11 Å². The zero-order valence-electron chi connectivity index (χ0n) is 7.67. The van der Waals surface area contributed by atoms with E-state index in [1.165, 1.54) is 18.2 Å². The fraction of sp³-hybridized carbons (Fsp3) is 0.222. The van der Waals surface area contributed by atoms with Crippen LogP contribution >= 0.6 is 0 Å². The van der Waals surface area contributed by atoms with E-state index in [-0.39, 0.29) is 12.3 Å². The van der Waals surface area contributed by atoms with Crippen LogP contribution in [0.3, 0.4) is 0 Å². The molecule has 0 unspecified atom stereocenters. The third-order valence-electron chi connectivity index (χ3n) is 1.67. The summed E-state index contributed by atoms with van der Waals surface area (Å²) in [5, 5.41) is 19.0. The van der Waals surface area contributed by atoms with Crippen LogP contribution in [0.5, 0.6) is 0 Å². The summed E-state index contributed by atoms with van der Waals surface area (Å²) >= 11 is 0. The highest BCUT2D eigenvalue weighted by Gasteiger charge is 2.10. The Morgan fingerprint density at radius 3 is 2.86 bits per heavy atom. The van der Waals surface area contributed by atoms with E-state index < -0.39 is 4.92 Å². The molecule has 0 atom stereocenters. The van der Waals surface area contributed by atoms with Gasteiger partial charge in [0.2, 0.25) is 0 Å². The lowest BCUT2D eigenvalue weighted by Gasteiger charge is -1.97. The summed E-state index contributed by atoms with van der Waals surface area (Å²) in [6, 6.07) is 2.94. The van der Waals surface area contributed by atoms with Gasteiger partial charge in [-0.25, -0.2) is 4.98 Å². The lowest BCUT2D eigenvalue weighted by atomic mass is 10.2. The minimum Gasteiger partial charge on any atom is -0.392 e. The van der Waals surface area contributed by atoms with Gasteiger partial charge in [-0.1, -0.05) is 6.08 Å². The maximum absolute atomic E-state index is 10.5. The molecule has 0 aliphatic carbocycles. The van der Waals surface area contributed by atoms with E-state index in [1.807, 2.05) is 0 Å². The molecule has 14 heavy (non-hydrogen) atoms. The Morgan fingerprint density at radius 1 is 1.64 bits per heavy atom. The van der Waals surface area contributed by atoms with Gasteiger partial charge in [0, 0.05) is 6.07 Å². The molecule has 1 N–H and O–H groups in total. The molecule has 0 bridgehead atoms. The van der Waals surface area contributed by atoms with Crippen molar-refractivity contribution in [3.8, 4) is 0 Å². The van der Waals surface area contributed by atoms with Gasteiger partial charge in [0.1, 0.15) is 5.69 Å². The van der Waals surface area contributed by atoms with Crippen LogP contribution in [-0.4, -0.2) is 21.6 Å². The maximum Gasteiger partial charge on any atom is 0.290 e. The van der Waals surface area contributed by atoms with Crippen LogP contribution in [0.15, 0.2) is 18.2 Å². The first-order valence-electron chi connectivity index (χ1n) is 4.04. The summed E-state index contributed by atoms with van der Waals surface area (Å²) in [6.45, 7) is 1.51. The summed E-state index contributed by atoms with van der Waals surface area (Å²) < 4.78 is 0. The Balaban J connectivity index is 3.00. The Labute approximate surface area is 80.9 Å². The standard InChI is InChI=1S/C9H10N2O3/c1-7-9(11(13)14)5-4-8(10-7)3-2-6-12/h2-5,12H,6H2,1H3. The van der Waals surface area contributed by atoms with Crippen molar-refractivity contribution in [2.45, 2.75) is 6.92 Å². The molecule has 0 saturated carbocycles. The topological polar surface area (TPSA) is 76.3 Å². The van der Waals surface area contributed by atoms with Crippen molar-refractivity contribution in [3.63, 3.8) is 0 Å². The minimum absolute atomic E-state index is 0.00569. The van der Waals surface area contributed by atoms with E-state index in [4.69, 9.17) is 5.11 Å². The Kier molecular flexibility index (Phi) is 3.30. The van der Waals surface area contributed by atoms with E-state index in [9.17, 15) is 10.1 Å². The van der Waals surface area contributed by atoms with Gasteiger partial charge >= 0.3 is 0 Å². The molecule has 5 heteroatoms. The molecule has 0 radical (unpaired) electrons. The maximum atomic E-state index is 10.5. The van der Waals surface area contributed by atoms with Crippen LogP contribution < -0.4 is 0 Å². The van der Waals surface area contributed by atoms with Crippen molar-refractivity contribution in [1.29, 1.82) is 0 Å². The van der Waals surface area contributed by atoms with Crippen LogP contribution in [0, 0.1) is 17.0 Å². The van der Waals surface area contributed by atoms with Crippen LogP contribution in [0.2, 0.25) is 0 Å². The Morgan fingerprint density at radius 2 is 2.36 bits per heavy atom. The van der Waals surface area contributed by atoms with Gasteiger partial charge in [0.05, 0.1) is 17.2 Å². The molecule has 0 fully saturated rings. The van der Waals surface area contributed by atoms with E-state index in [0.717, 1.165) is 0 Å². The second kappa shape index (κ2) is 4.48. The highest BCUT2D eigenvalue weighted by molar-refractivity contribution is 5.48. The molecule has 0 saturated heterocycles. The summed E-state index contributed by atoms with van der Waals surface area (Å²) in [5.41, 5.74) is 0.975. The average molecular weight is 194 g/mol. The summed E-state index contributed by atoms with van der Waals surface area (Å²) in [6.07, 6.45) is 3.13. The molecule has 0 aromatic carbocycles. The van der Waals surface area contributed by atoms with Gasteiger partial charge in [-0.15, -0.1) is 0 Å². The number of nitro groups is 1. The number of rotatable bonds is 3. The fourth-order valence-electron chi connectivity index (χ4n) is 1.03. The quantitative estimate of drug-likeness (QED) is 0.581. The predicted octanol–water partition coefficient (Wildman–Crippen LogP) is 1.30. The van der Waals surface area contributed by atoms with Gasteiger partial charge in [-0.05, 0) is 19.1 Å². The first-order valence-corrected chi connectivity index (χ1v) is 4.04. The zero-order valence-corrected chi connectivity index (χ0v) is 7.67. The molecule has 1 heterocycles. The summed E-state index contributed by atoms with van der Waals surface area (Å²) in [5.74, 6) is 0. The van der Waals surface area contributed by atoms with Crippen LogP contribution in [0.1, 0.15) is 11.4 Å². The van der Waals surface area contributed by atoms with Gasteiger partial charge in [0.25, 0.3) is 5.69 Å². The van der Waals surface area contributed by atoms with E-state index in [0.29, 0.717) is 11.4 Å². The van der Waals surface area contributed by atoms with Crippen LogP contribution in [-0.2, 0) is 0 Å². The van der Waals surface area contributed by atoms with Gasteiger partial charge in [-0.2, -0.15) is 0 Å². The van der Waals surface area contributed by atoms with Crippen molar-refractivity contribution in [1.82, 2.24) is 4.98 Å². The molecule has 1 rings (SSSR count). The Bertz CT molecular complexity index is 374. The van der Waals surface area contributed by atoms with Crippen LogP contribution in [0.4, 0.5) is 5.69 Å². The highest BCUT2D eigenvalue weighted by atomic mass is 16.6. The number of nitrogens with zero attached hydrogens (tertiary/aromatic N) is 2. The molecule has 0 aliphatic heterocycles. The molecule has 1 aromatic rings. The summed E-state index contributed by atoms with van der Waals surface area (Å²) in [4.78, 5) is 14.0. The van der Waals surface area contributed by atoms with Crippen molar-refractivity contribution in [3.05, 3.63) is 39.7 Å². The Hall–Kier alpha value is -1.75. The molecule has 0 spiro atoms. The fourth-order valence-corrected chi connectivity index (χ4v) is 1.03. The third-order valence-corrected chi connectivity index (χ3v) is 1.67. The van der Waals surface area contributed by atoms with Gasteiger partial charge in [0.15, 0.2) is 0 Å². The van der Waals surface area contributed by atoms with E-state index in [1.54, 1.807) is 13.0 Å². The number of hydrogen-bond donors (Lipinski definition) is 1. The third kappa shape index (κ3) is 2.37. The molecule has 1 aromatic heterocycles. The minimum atomic E-state index is -0.470. The number of aliphatic hydroxyl groups is 1. The van der Waals surface area contributed by atoms with Crippen molar-refractivity contribution in [2.75, 3.05) is 6.61 Å². The van der Waals surface area contributed by atoms with Crippen molar-refractivity contribution in [2.24, 2.45) is 0 Å². The number of hydrogen-bond acceptors (Lipinski definition) is 4. The highest BCUT2D eigenvalue weighted by Crippen LogP contribution is 2.15. The lowest BCUT2D eigenvalue weighted by molar-refractivity contribution is -0.385. The normalized spacial score (nSPS) is 10.7. The van der Waals surface area contributed by atoms with Gasteiger partial charge in [-0.3, -0.25) is 10.1 Å². The molecule has 0 aliphatic rings. The number of aromatic nitrogens is 1. The van der Waals surface area contributed by atoms with Crippen molar-refractivity contribution >= 4 is 11.8 Å². The second-order valence-electron chi connectivity index (χ2n) is 2.68. The second-order valence-corrected chi connectivity index (χ2v) is 2.68.